The van der Waals surface area contributed by atoms with Gasteiger partial charge in [-0.05, 0) is 44.9 Å². The molecule has 3 aromatic heterocycles. The molecule has 1 atom stereocenters. The molecule has 0 aliphatic heterocycles. The van der Waals surface area contributed by atoms with Crippen LogP contribution in [-0.4, -0.2) is 32.4 Å². The molecule has 7 heteroatoms. The quantitative estimate of drug-likeness (QED) is 0.700. The molecule has 0 radical (unpaired) electrons. The van der Waals surface area contributed by atoms with Crippen LogP contribution in [0.2, 0.25) is 0 Å². The molecule has 4 rings (SSSR count). The summed E-state index contributed by atoms with van der Waals surface area (Å²) in [5, 5.41) is 2.90. The smallest absolute Gasteiger partial charge is 0.267 e. The van der Waals surface area contributed by atoms with Gasteiger partial charge in [0.25, 0.3) is 5.92 Å². The van der Waals surface area contributed by atoms with E-state index < -0.39 is 12.0 Å². The summed E-state index contributed by atoms with van der Waals surface area (Å²) in [6.45, 7) is 3.94. The van der Waals surface area contributed by atoms with E-state index >= 15 is 0 Å². The second-order valence-corrected chi connectivity index (χ2v) is 7.16. The van der Waals surface area contributed by atoms with Gasteiger partial charge in [0.05, 0.1) is 29.7 Å². The SMILES string of the molecule is CC(C)Oc1ccn2c(-c3cccc(NC4CCCC4(F)F)n3)cnc2c1. The molecule has 1 saturated carbocycles. The van der Waals surface area contributed by atoms with Crippen LogP contribution in [0.25, 0.3) is 17.0 Å². The number of aromatic nitrogens is 3. The molecule has 0 aromatic carbocycles. The van der Waals surface area contributed by atoms with Crippen molar-refractivity contribution in [1.29, 1.82) is 0 Å². The van der Waals surface area contributed by atoms with Crippen molar-refractivity contribution in [3.8, 4) is 17.1 Å². The number of alkyl halides is 2. The molecule has 1 fully saturated rings. The Bertz CT molecular complexity index is 954. The van der Waals surface area contributed by atoms with Crippen molar-refractivity contribution in [3.05, 3.63) is 42.7 Å². The molecule has 1 aliphatic rings. The zero-order valence-electron chi connectivity index (χ0n) is 15.3. The minimum absolute atomic E-state index is 0.0710. The van der Waals surface area contributed by atoms with Crippen molar-refractivity contribution in [3.63, 3.8) is 0 Å². The van der Waals surface area contributed by atoms with E-state index in [1.807, 2.05) is 48.7 Å². The molecule has 142 valence electrons. The van der Waals surface area contributed by atoms with Crippen LogP contribution in [-0.2, 0) is 0 Å². The van der Waals surface area contributed by atoms with Crippen LogP contribution in [0, 0.1) is 0 Å². The Kier molecular flexibility index (Phi) is 4.45. The molecule has 1 N–H and O–H groups in total. The molecule has 1 unspecified atom stereocenters. The Morgan fingerprint density at radius 3 is 2.89 bits per heavy atom. The standard InChI is InChI=1S/C20H22F2N4O/c1-13(2)27-14-8-10-26-16(12-23-19(26)11-14)15-5-3-7-18(24-15)25-17-6-4-9-20(17,21)22/h3,5,7-8,10-13,17H,4,6,9H2,1-2H3,(H,24,25). The number of rotatable bonds is 5. The Labute approximate surface area is 156 Å². The number of hydrogen-bond acceptors (Lipinski definition) is 4. The van der Waals surface area contributed by atoms with Crippen LogP contribution < -0.4 is 10.1 Å². The number of nitrogens with zero attached hydrogens (tertiary/aromatic N) is 3. The molecule has 3 heterocycles. The summed E-state index contributed by atoms with van der Waals surface area (Å²) in [5.41, 5.74) is 2.21. The normalized spacial score (nSPS) is 18.9. The molecule has 1 aliphatic carbocycles. The molecule has 0 saturated heterocycles. The fourth-order valence-corrected chi connectivity index (χ4v) is 3.44. The average molecular weight is 372 g/mol. The largest absolute Gasteiger partial charge is 0.491 e. The monoisotopic (exact) mass is 372 g/mol. The van der Waals surface area contributed by atoms with Gasteiger partial charge in [0.1, 0.15) is 17.2 Å². The van der Waals surface area contributed by atoms with Crippen LogP contribution in [0.4, 0.5) is 14.6 Å². The fraction of sp³-hybridized carbons (Fsp3) is 0.400. The molecular weight excluding hydrogens is 350 g/mol. The van der Waals surface area contributed by atoms with Crippen LogP contribution in [0.3, 0.4) is 0 Å². The number of imidazole rings is 1. The number of hydrogen-bond donors (Lipinski definition) is 1. The molecule has 0 amide bonds. The first-order chi connectivity index (χ1) is 12.9. The van der Waals surface area contributed by atoms with Gasteiger partial charge in [-0.25, -0.2) is 18.7 Å². The zero-order chi connectivity index (χ0) is 19.0. The highest BCUT2D eigenvalue weighted by molar-refractivity contribution is 5.63. The van der Waals surface area contributed by atoms with Crippen LogP contribution in [0.5, 0.6) is 5.75 Å². The summed E-state index contributed by atoms with van der Waals surface area (Å²) in [4.78, 5) is 8.95. The third-order valence-electron chi connectivity index (χ3n) is 4.70. The number of anilines is 1. The maximum Gasteiger partial charge on any atom is 0.267 e. The van der Waals surface area contributed by atoms with Crippen LogP contribution in [0.15, 0.2) is 42.7 Å². The third-order valence-corrected chi connectivity index (χ3v) is 4.70. The summed E-state index contributed by atoms with van der Waals surface area (Å²) < 4.78 is 35.4. The topological polar surface area (TPSA) is 51.5 Å². The number of ether oxygens (including phenoxy) is 1. The number of fused-ring (bicyclic) bond motifs is 1. The van der Waals surface area contributed by atoms with Gasteiger partial charge >= 0.3 is 0 Å². The van der Waals surface area contributed by atoms with Crippen LogP contribution >= 0.6 is 0 Å². The molecule has 3 aromatic rings. The van der Waals surface area contributed by atoms with Gasteiger partial charge in [-0.1, -0.05) is 6.07 Å². The predicted octanol–water partition coefficient (Wildman–Crippen LogP) is 4.78. The lowest BCUT2D eigenvalue weighted by Gasteiger charge is -2.21. The van der Waals surface area contributed by atoms with E-state index in [0.29, 0.717) is 24.4 Å². The minimum Gasteiger partial charge on any atom is -0.491 e. The predicted molar refractivity (Wildman–Crippen MR) is 100 cm³/mol. The van der Waals surface area contributed by atoms with Gasteiger partial charge in [0, 0.05) is 18.7 Å². The first kappa shape index (κ1) is 17.7. The minimum atomic E-state index is -2.69. The van der Waals surface area contributed by atoms with Crippen molar-refractivity contribution >= 4 is 11.5 Å². The van der Waals surface area contributed by atoms with Crippen LogP contribution in [0.1, 0.15) is 33.1 Å². The summed E-state index contributed by atoms with van der Waals surface area (Å²) in [7, 11) is 0. The molecule has 5 nitrogen and oxygen atoms in total. The van der Waals surface area contributed by atoms with Gasteiger partial charge < -0.3 is 10.1 Å². The Balaban J connectivity index is 1.62. The van der Waals surface area contributed by atoms with Crippen molar-refractivity contribution in [2.75, 3.05) is 5.32 Å². The molecule has 0 bridgehead atoms. The Morgan fingerprint density at radius 2 is 2.15 bits per heavy atom. The molecule has 27 heavy (non-hydrogen) atoms. The number of halogens is 2. The highest BCUT2D eigenvalue weighted by Gasteiger charge is 2.43. The summed E-state index contributed by atoms with van der Waals surface area (Å²) in [6.07, 6.45) is 4.59. The van der Waals surface area contributed by atoms with E-state index in [2.05, 4.69) is 15.3 Å². The van der Waals surface area contributed by atoms with Gasteiger partial charge in [-0.3, -0.25) is 4.40 Å². The van der Waals surface area contributed by atoms with E-state index in [-0.39, 0.29) is 12.5 Å². The third kappa shape index (κ3) is 3.59. The summed E-state index contributed by atoms with van der Waals surface area (Å²) in [6, 6.07) is 8.26. The summed E-state index contributed by atoms with van der Waals surface area (Å²) in [5.74, 6) is -1.48. The van der Waals surface area contributed by atoms with Crippen molar-refractivity contribution in [1.82, 2.24) is 14.4 Å². The maximum absolute atomic E-state index is 13.9. The van der Waals surface area contributed by atoms with Crippen molar-refractivity contribution in [2.24, 2.45) is 0 Å². The second kappa shape index (κ2) is 6.79. The van der Waals surface area contributed by atoms with E-state index in [1.165, 1.54) is 0 Å². The number of nitrogens with one attached hydrogen (secondary N) is 1. The van der Waals surface area contributed by atoms with E-state index in [4.69, 9.17) is 4.74 Å². The first-order valence-electron chi connectivity index (χ1n) is 9.18. The van der Waals surface area contributed by atoms with Gasteiger partial charge in [-0.2, -0.15) is 0 Å². The second-order valence-electron chi connectivity index (χ2n) is 7.16. The Morgan fingerprint density at radius 1 is 1.30 bits per heavy atom. The Hall–Kier alpha value is -2.70. The highest BCUT2D eigenvalue weighted by Crippen LogP contribution is 2.37. The maximum atomic E-state index is 13.9. The first-order valence-corrected chi connectivity index (χ1v) is 9.18. The fourth-order valence-electron chi connectivity index (χ4n) is 3.44. The molecule has 0 spiro atoms. The number of pyridine rings is 2. The summed E-state index contributed by atoms with van der Waals surface area (Å²) >= 11 is 0. The van der Waals surface area contributed by atoms with Gasteiger partial charge in [0.15, 0.2) is 0 Å². The van der Waals surface area contributed by atoms with Crippen molar-refractivity contribution in [2.45, 2.75) is 51.2 Å². The van der Waals surface area contributed by atoms with E-state index in [0.717, 1.165) is 17.1 Å². The van der Waals surface area contributed by atoms with E-state index in [9.17, 15) is 8.78 Å². The highest BCUT2D eigenvalue weighted by atomic mass is 19.3. The lowest BCUT2D eigenvalue weighted by atomic mass is 10.2. The zero-order valence-corrected chi connectivity index (χ0v) is 15.3. The van der Waals surface area contributed by atoms with Gasteiger partial charge in [0.2, 0.25) is 0 Å². The van der Waals surface area contributed by atoms with Crippen molar-refractivity contribution < 1.29 is 13.5 Å². The lowest BCUT2D eigenvalue weighted by Crippen LogP contribution is -2.34. The van der Waals surface area contributed by atoms with E-state index in [1.54, 1.807) is 12.3 Å². The lowest BCUT2D eigenvalue weighted by molar-refractivity contribution is -0.000686. The van der Waals surface area contributed by atoms with Gasteiger partial charge in [-0.15, -0.1) is 0 Å². The average Bonchev–Trinajstić information content (AvgIpc) is 3.17. The molecular formula is C20H22F2N4O.